The number of hydrogen-bond acceptors (Lipinski definition) is 1. The fourth-order valence-corrected chi connectivity index (χ4v) is 2.49. The molecule has 0 saturated heterocycles. The lowest BCUT2D eigenvalue weighted by Crippen LogP contribution is -2.06. The summed E-state index contributed by atoms with van der Waals surface area (Å²) in [6.07, 6.45) is 8.82. The van der Waals surface area contributed by atoms with Crippen molar-refractivity contribution in [3.8, 4) is 6.07 Å². The van der Waals surface area contributed by atoms with E-state index in [1.54, 1.807) is 0 Å². The predicted octanol–water partition coefficient (Wildman–Crippen LogP) is 4.33. The van der Waals surface area contributed by atoms with Crippen LogP contribution < -0.4 is 0 Å². The minimum atomic E-state index is 0.657. The molecule has 17 heavy (non-hydrogen) atoms. The molecule has 1 fully saturated rings. The normalized spacial score (nSPS) is 19.5. The second-order valence-electron chi connectivity index (χ2n) is 4.57. The van der Waals surface area contributed by atoms with Gasteiger partial charge in [0.05, 0.1) is 11.6 Å². The van der Waals surface area contributed by atoms with Gasteiger partial charge in [-0.2, -0.15) is 5.26 Å². The molecule has 1 aromatic rings. The van der Waals surface area contributed by atoms with Crippen LogP contribution in [0, 0.1) is 11.3 Å². The third-order valence-corrected chi connectivity index (χ3v) is 3.49. The van der Waals surface area contributed by atoms with E-state index in [1.807, 2.05) is 18.2 Å². The highest BCUT2D eigenvalue weighted by atomic mass is 14.2. The fraction of sp³-hybridized carbons (Fsp3) is 0.312. The number of rotatable bonds is 2. The molecule has 0 heterocycles. The molecule has 0 N–H and O–H groups in total. The van der Waals surface area contributed by atoms with E-state index in [1.165, 1.54) is 36.8 Å². The maximum absolute atomic E-state index is 8.77. The van der Waals surface area contributed by atoms with Gasteiger partial charge in [0.25, 0.3) is 0 Å². The van der Waals surface area contributed by atoms with Crippen LogP contribution in [0.3, 0.4) is 0 Å². The number of benzene rings is 1. The van der Waals surface area contributed by atoms with Gasteiger partial charge >= 0.3 is 0 Å². The maximum Gasteiger partial charge on any atom is 0.0991 e. The summed E-state index contributed by atoms with van der Waals surface area (Å²) in [5, 5.41) is 8.77. The van der Waals surface area contributed by atoms with E-state index in [2.05, 4.69) is 30.9 Å². The highest BCUT2D eigenvalue weighted by molar-refractivity contribution is 5.33. The van der Waals surface area contributed by atoms with Crippen LogP contribution in [-0.4, -0.2) is 0 Å². The van der Waals surface area contributed by atoms with Gasteiger partial charge in [-0.3, -0.25) is 0 Å². The molecule has 0 aliphatic heterocycles. The molecule has 86 valence electrons. The molecule has 1 aliphatic carbocycles. The minimum Gasteiger partial charge on any atom is -0.192 e. The van der Waals surface area contributed by atoms with Gasteiger partial charge in [0.1, 0.15) is 0 Å². The Labute approximate surface area is 103 Å². The van der Waals surface area contributed by atoms with E-state index in [9.17, 15) is 0 Å². The van der Waals surface area contributed by atoms with Crippen LogP contribution in [0.15, 0.2) is 48.6 Å². The van der Waals surface area contributed by atoms with Crippen molar-refractivity contribution in [2.24, 2.45) is 0 Å². The van der Waals surface area contributed by atoms with Crippen LogP contribution in [0.5, 0.6) is 0 Å². The summed E-state index contributed by atoms with van der Waals surface area (Å²) in [5.41, 5.74) is 3.64. The fourth-order valence-electron chi connectivity index (χ4n) is 2.49. The van der Waals surface area contributed by atoms with Gasteiger partial charge in [-0.1, -0.05) is 36.4 Å². The average Bonchev–Trinajstić information content (AvgIpc) is 2.40. The summed E-state index contributed by atoms with van der Waals surface area (Å²) in [5.74, 6) is 0.657. The van der Waals surface area contributed by atoms with Gasteiger partial charge in [-0.25, -0.2) is 0 Å². The minimum absolute atomic E-state index is 0.657. The van der Waals surface area contributed by atoms with Crippen LogP contribution in [0.1, 0.15) is 42.7 Å². The van der Waals surface area contributed by atoms with E-state index in [4.69, 9.17) is 5.26 Å². The topological polar surface area (TPSA) is 23.8 Å². The third kappa shape index (κ3) is 2.85. The van der Waals surface area contributed by atoms with Gasteiger partial charge in [-0.05, 0) is 49.3 Å². The SMILES string of the molecule is C=CC=C1CCC(c2ccc(C#N)cc2)CC1. The number of hydrogen-bond donors (Lipinski definition) is 0. The number of nitriles is 1. The smallest absolute Gasteiger partial charge is 0.0991 e. The highest BCUT2D eigenvalue weighted by Crippen LogP contribution is 2.35. The Hall–Kier alpha value is -1.81. The van der Waals surface area contributed by atoms with Crippen molar-refractivity contribution in [2.75, 3.05) is 0 Å². The Morgan fingerprint density at radius 2 is 1.82 bits per heavy atom. The third-order valence-electron chi connectivity index (χ3n) is 3.49. The molecule has 0 radical (unpaired) electrons. The number of nitrogens with zero attached hydrogens (tertiary/aromatic N) is 1. The summed E-state index contributed by atoms with van der Waals surface area (Å²) in [4.78, 5) is 0. The van der Waals surface area contributed by atoms with Crippen molar-refractivity contribution >= 4 is 0 Å². The standard InChI is InChI=1S/C16H17N/c1-2-3-13-4-8-15(9-5-13)16-10-6-14(12-17)7-11-16/h2-3,6-7,10-11,15H,1,4-5,8-9H2. The van der Waals surface area contributed by atoms with Crippen molar-refractivity contribution in [2.45, 2.75) is 31.6 Å². The highest BCUT2D eigenvalue weighted by Gasteiger charge is 2.17. The molecule has 2 rings (SSSR count). The van der Waals surface area contributed by atoms with Crippen LogP contribution in [0.25, 0.3) is 0 Å². The van der Waals surface area contributed by atoms with Crippen molar-refractivity contribution < 1.29 is 0 Å². The predicted molar refractivity (Wildman–Crippen MR) is 70.6 cm³/mol. The van der Waals surface area contributed by atoms with Crippen LogP contribution in [0.2, 0.25) is 0 Å². The molecule has 0 atom stereocenters. The van der Waals surface area contributed by atoms with E-state index in [-0.39, 0.29) is 0 Å². The largest absolute Gasteiger partial charge is 0.192 e. The molecule has 1 heteroatoms. The zero-order chi connectivity index (χ0) is 12.1. The first-order valence-electron chi connectivity index (χ1n) is 6.14. The molecule has 0 unspecified atom stereocenters. The van der Waals surface area contributed by atoms with E-state index in [0.717, 1.165) is 5.56 Å². The van der Waals surface area contributed by atoms with Crippen molar-refractivity contribution in [3.05, 3.63) is 59.7 Å². The lowest BCUT2D eigenvalue weighted by Gasteiger charge is -2.24. The zero-order valence-electron chi connectivity index (χ0n) is 10.0. The molecule has 1 nitrogen and oxygen atoms in total. The first-order chi connectivity index (χ1) is 8.33. The second kappa shape index (κ2) is 5.50. The van der Waals surface area contributed by atoms with Gasteiger partial charge in [0.15, 0.2) is 0 Å². The van der Waals surface area contributed by atoms with Gasteiger partial charge in [0, 0.05) is 0 Å². The molecule has 0 spiro atoms. The molecular formula is C16H17N. The quantitative estimate of drug-likeness (QED) is 0.732. The summed E-state index contributed by atoms with van der Waals surface area (Å²) in [6, 6.07) is 10.2. The Bertz CT molecular complexity index is 449. The summed E-state index contributed by atoms with van der Waals surface area (Å²) in [7, 11) is 0. The molecule has 1 saturated carbocycles. The second-order valence-corrected chi connectivity index (χ2v) is 4.57. The Morgan fingerprint density at radius 1 is 1.18 bits per heavy atom. The maximum atomic E-state index is 8.77. The molecule has 0 amide bonds. The Kier molecular flexibility index (Phi) is 3.77. The van der Waals surface area contributed by atoms with Crippen LogP contribution in [0.4, 0.5) is 0 Å². The Balaban J connectivity index is 2.03. The van der Waals surface area contributed by atoms with Crippen molar-refractivity contribution in [1.82, 2.24) is 0 Å². The average molecular weight is 223 g/mol. The van der Waals surface area contributed by atoms with E-state index in [0.29, 0.717) is 5.92 Å². The first kappa shape index (κ1) is 11.7. The van der Waals surface area contributed by atoms with Crippen molar-refractivity contribution in [1.29, 1.82) is 5.26 Å². The molecule has 1 aliphatic rings. The molecule has 0 bridgehead atoms. The van der Waals surface area contributed by atoms with Crippen LogP contribution >= 0.6 is 0 Å². The van der Waals surface area contributed by atoms with Gasteiger partial charge in [0.2, 0.25) is 0 Å². The van der Waals surface area contributed by atoms with Crippen LogP contribution in [-0.2, 0) is 0 Å². The Morgan fingerprint density at radius 3 is 2.35 bits per heavy atom. The summed E-state index contributed by atoms with van der Waals surface area (Å²) in [6.45, 7) is 3.74. The lowest BCUT2D eigenvalue weighted by molar-refractivity contribution is 0.517. The molecular weight excluding hydrogens is 206 g/mol. The monoisotopic (exact) mass is 223 g/mol. The zero-order valence-corrected chi connectivity index (χ0v) is 10.0. The van der Waals surface area contributed by atoms with Gasteiger partial charge < -0.3 is 0 Å². The van der Waals surface area contributed by atoms with E-state index < -0.39 is 0 Å². The molecule has 0 aromatic heterocycles. The van der Waals surface area contributed by atoms with E-state index >= 15 is 0 Å². The molecule has 1 aromatic carbocycles. The summed E-state index contributed by atoms with van der Waals surface area (Å²) < 4.78 is 0. The van der Waals surface area contributed by atoms with Crippen molar-refractivity contribution in [3.63, 3.8) is 0 Å². The summed E-state index contributed by atoms with van der Waals surface area (Å²) >= 11 is 0. The first-order valence-corrected chi connectivity index (χ1v) is 6.14. The van der Waals surface area contributed by atoms with Gasteiger partial charge in [-0.15, -0.1) is 0 Å². The lowest BCUT2D eigenvalue weighted by atomic mass is 9.81. The number of allylic oxidation sites excluding steroid dienone is 3.